The van der Waals surface area contributed by atoms with E-state index in [1.165, 1.54) is 0 Å². The molecule has 0 unspecified atom stereocenters. The molecule has 0 amide bonds. The number of allylic oxidation sites excluding steroid dienone is 2. The summed E-state index contributed by atoms with van der Waals surface area (Å²) in [6.07, 6.45) is 6.03. The highest BCUT2D eigenvalue weighted by molar-refractivity contribution is 5.38. The Kier molecular flexibility index (Phi) is 6.04. The van der Waals surface area contributed by atoms with Gasteiger partial charge in [0.05, 0.1) is 7.11 Å². The molecule has 0 saturated heterocycles. The average Bonchev–Trinajstić information content (AvgIpc) is 2.68. The number of methoxy groups -OCH3 is 1. The Morgan fingerprint density at radius 1 is 0.885 bits per heavy atom. The lowest BCUT2D eigenvalue weighted by Crippen LogP contribution is -2.23. The fourth-order valence-corrected chi connectivity index (χ4v) is 2.46. The molecule has 0 aliphatic carbocycles. The molecule has 0 atom stereocenters. The Balaban J connectivity index is 1.45. The van der Waals surface area contributed by atoms with Crippen molar-refractivity contribution in [3.63, 3.8) is 0 Å². The van der Waals surface area contributed by atoms with Crippen LogP contribution in [0.3, 0.4) is 0 Å². The van der Waals surface area contributed by atoms with Crippen LogP contribution in [-0.2, 0) is 4.74 Å². The molecule has 3 rings (SSSR count). The second-order valence-electron chi connectivity index (χ2n) is 5.76. The first-order valence-electron chi connectivity index (χ1n) is 8.50. The van der Waals surface area contributed by atoms with Crippen molar-refractivity contribution in [2.24, 2.45) is 0 Å². The number of rotatable bonds is 8. The van der Waals surface area contributed by atoms with E-state index in [9.17, 15) is 0 Å². The second-order valence-corrected chi connectivity index (χ2v) is 5.76. The summed E-state index contributed by atoms with van der Waals surface area (Å²) < 4.78 is 22.4. The molecule has 0 aromatic heterocycles. The van der Waals surface area contributed by atoms with Gasteiger partial charge in [-0.1, -0.05) is 18.2 Å². The van der Waals surface area contributed by atoms with Gasteiger partial charge in [-0.3, -0.25) is 0 Å². The van der Waals surface area contributed by atoms with E-state index in [-0.39, 0.29) is 0 Å². The summed E-state index contributed by atoms with van der Waals surface area (Å²) in [4.78, 5) is 2.05. The maximum atomic E-state index is 5.81. The molecule has 26 heavy (non-hydrogen) atoms. The number of ether oxygens (including phenoxy) is 4. The van der Waals surface area contributed by atoms with Crippen LogP contribution in [0, 0.1) is 0 Å². The van der Waals surface area contributed by atoms with Gasteiger partial charge in [-0.05, 0) is 42.5 Å². The quantitative estimate of drug-likeness (QED) is 0.664. The number of hydrogen-bond acceptors (Lipinski definition) is 5. The smallest absolute Gasteiger partial charge is 0.189 e. The summed E-state index contributed by atoms with van der Waals surface area (Å²) in [5, 5.41) is 0. The predicted octanol–water partition coefficient (Wildman–Crippen LogP) is 4.23. The molecule has 5 nitrogen and oxygen atoms in total. The highest BCUT2D eigenvalue weighted by Crippen LogP contribution is 2.26. The number of benzene rings is 2. The van der Waals surface area contributed by atoms with Crippen molar-refractivity contribution in [2.45, 2.75) is 0 Å². The van der Waals surface area contributed by atoms with Crippen molar-refractivity contribution in [3.8, 4) is 23.0 Å². The zero-order chi connectivity index (χ0) is 18.2. The van der Waals surface area contributed by atoms with Crippen molar-refractivity contribution >= 4 is 0 Å². The van der Waals surface area contributed by atoms with E-state index < -0.39 is 0 Å². The Bertz CT molecular complexity index is 768. The predicted molar refractivity (Wildman–Crippen MR) is 101 cm³/mol. The van der Waals surface area contributed by atoms with Crippen molar-refractivity contribution in [1.29, 1.82) is 0 Å². The molecule has 0 spiro atoms. The van der Waals surface area contributed by atoms with Crippen molar-refractivity contribution < 1.29 is 18.9 Å². The SMILES string of the molecule is COc1cccc(Oc2ccc(OCCOC3=CC=CCN3C)cc2)c1. The van der Waals surface area contributed by atoms with E-state index in [1.807, 2.05) is 72.6 Å². The van der Waals surface area contributed by atoms with E-state index >= 15 is 0 Å². The number of nitrogens with zero attached hydrogens (tertiary/aromatic N) is 1. The minimum Gasteiger partial charge on any atom is -0.497 e. The highest BCUT2D eigenvalue weighted by Gasteiger charge is 2.06. The summed E-state index contributed by atoms with van der Waals surface area (Å²) in [6, 6.07) is 15.0. The zero-order valence-corrected chi connectivity index (χ0v) is 15.1. The minimum absolute atomic E-state index is 0.477. The zero-order valence-electron chi connectivity index (χ0n) is 15.1. The van der Waals surface area contributed by atoms with Gasteiger partial charge in [-0.15, -0.1) is 0 Å². The van der Waals surface area contributed by atoms with Crippen LogP contribution in [0.2, 0.25) is 0 Å². The Morgan fingerprint density at radius 3 is 2.38 bits per heavy atom. The van der Waals surface area contributed by atoms with Gasteiger partial charge in [0.15, 0.2) is 5.88 Å². The lowest BCUT2D eigenvalue weighted by atomic mass is 10.3. The summed E-state index contributed by atoms with van der Waals surface area (Å²) in [7, 11) is 3.63. The maximum absolute atomic E-state index is 5.81. The van der Waals surface area contributed by atoms with Gasteiger partial charge in [0.25, 0.3) is 0 Å². The van der Waals surface area contributed by atoms with Gasteiger partial charge in [-0.25, -0.2) is 0 Å². The average molecular weight is 353 g/mol. The maximum Gasteiger partial charge on any atom is 0.189 e. The molecule has 0 N–H and O–H groups in total. The van der Waals surface area contributed by atoms with Crippen LogP contribution in [-0.4, -0.2) is 38.8 Å². The molecule has 1 aliphatic heterocycles. The van der Waals surface area contributed by atoms with E-state index in [0.717, 1.165) is 35.4 Å². The van der Waals surface area contributed by atoms with Crippen molar-refractivity contribution in [2.75, 3.05) is 33.9 Å². The molecule has 2 aromatic carbocycles. The largest absolute Gasteiger partial charge is 0.497 e. The Morgan fingerprint density at radius 2 is 1.62 bits per heavy atom. The van der Waals surface area contributed by atoms with Crippen LogP contribution in [0.15, 0.2) is 72.6 Å². The topological polar surface area (TPSA) is 40.2 Å². The molecule has 1 heterocycles. The molecular weight excluding hydrogens is 330 g/mol. The fraction of sp³-hybridized carbons (Fsp3) is 0.238. The van der Waals surface area contributed by atoms with E-state index in [0.29, 0.717) is 13.2 Å². The minimum atomic E-state index is 0.477. The van der Waals surface area contributed by atoms with Crippen molar-refractivity contribution in [3.05, 3.63) is 72.6 Å². The Labute approximate surface area is 154 Å². The molecule has 0 radical (unpaired) electrons. The van der Waals surface area contributed by atoms with Gasteiger partial charge in [-0.2, -0.15) is 0 Å². The highest BCUT2D eigenvalue weighted by atomic mass is 16.5. The lowest BCUT2D eigenvalue weighted by Gasteiger charge is -2.23. The molecule has 136 valence electrons. The van der Waals surface area contributed by atoms with Gasteiger partial charge >= 0.3 is 0 Å². The molecule has 0 fully saturated rings. The number of hydrogen-bond donors (Lipinski definition) is 0. The second kappa shape index (κ2) is 8.85. The van der Waals surface area contributed by atoms with E-state index in [1.54, 1.807) is 7.11 Å². The molecule has 0 saturated carbocycles. The first-order valence-corrected chi connectivity index (χ1v) is 8.50. The molecule has 2 aromatic rings. The third kappa shape index (κ3) is 4.96. The molecule has 0 bridgehead atoms. The van der Waals surface area contributed by atoms with Gasteiger partial charge in [0.1, 0.15) is 36.2 Å². The summed E-state index contributed by atoms with van der Waals surface area (Å²) >= 11 is 0. The molecular formula is C21H23NO4. The van der Waals surface area contributed by atoms with Gasteiger partial charge in [0.2, 0.25) is 0 Å². The summed E-state index contributed by atoms with van der Waals surface area (Å²) in [6.45, 7) is 1.83. The van der Waals surface area contributed by atoms with Crippen LogP contribution in [0.1, 0.15) is 0 Å². The van der Waals surface area contributed by atoms with Crippen LogP contribution in [0.5, 0.6) is 23.0 Å². The third-order valence-electron chi connectivity index (χ3n) is 3.83. The van der Waals surface area contributed by atoms with Gasteiger partial charge < -0.3 is 23.8 Å². The summed E-state index contributed by atoms with van der Waals surface area (Å²) in [5.74, 6) is 3.86. The van der Waals surface area contributed by atoms with Crippen LogP contribution >= 0.6 is 0 Å². The first-order chi connectivity index (χ1) is 12.7. The Hall–Kier alpha value is -3.08. The lowest BCUT2D eigenvalue weighted by molar-refractivity contribution is 0.103. The number of likely N-dealkylation sites (N-methyl/N-ethyl adjacent to an activating group) is 1. The standard InChI is InChI=1S/C21H23NO4/c1-22-13-4-3-8-21(22)25-15-14-24-17-9-11-18(12-10-17)26-20-7-5-6-19(16-20)23-2/h3-12,16H,13-15H2,1-2H3. The third-order valence-corrected chi connectivity index (χ3v) is 3.83. The first kappa shape index (κ1) is 17.7. The monoisotopic (exact) mass is 353 g/mol. The fourth-order valence-electron chi connectivity index (χ4n) is 2.46. The van der Waals surface area contributed by atoms with Crippen molar-refractivity contribution in [1.82, 2.24) is 4.90 Å². The van der Waals surface area contributed by atoms with E-state index in [4.69, 9.17) is 18.9 Å². The molecule has 5 heteroatoms. The summed E-state index contributed by atoms with van der Waals surface area (Å²) in [5.41, 5.74) is 0. The normalized spacial score (nSPS) is 13.2. The van der Waals surface area contributed by atoms with E-state index in [2.05, 4.69) is 6.08 Å². The van der Waals surface area contributed by atoms with Crippen LogP contribution in [0.25, 0.3) is 0 Å². The van der Waals surface area contributed by atoms with Crippen LogP contribution < -0.4 is 14.2 Å². The van der Waals surface area contributed by atoms with Gasteiger partial charge in [0, 0.05) is 19.7 Å². The molecule has 1 aliphatic rings. The van der Waals surface area contributed by atoms with Crippen LogP contribution in [0.4, 0.5) is 0 Å².